The number of carbonyl (C=O) groups is 1. The molecule has 2 rings (SSSR count). The number of aryl methyl sites for hydroxylation is 1. The summed E-state index contributed by atoms with van der Waals surface area (Å²) < 4.78 is 6.80. The number of nitrogens with two attached hydrogens (primary N) is 1. The van der Waals surface area contributed by atoms with Crippen molar-refractivity contribution in [1.82, 2.24) is 9.55 Å². The average Bonchev–Trinajstić information content (AvgIpc) is 2.64. The predicted molar refractivity (Wildman–Crippen MR) is 105 cm³/mol. The molecular formula is C19H26N4O4. The second kappa shape index (κ2) is 9.07. The molecule has 3 N–H and O–H groups in total. The number of aromatic amines is 1. The highest BCUT2D eigenvalue weighted by atomic mass is 16.5. The van der Waals surface area contributed by atoms with Crippen LogP contribution in [0, 0.1) is 6.92 Å². The van der Waals surface area contributed by atoms with Crippen molar-refractivity contribution in [3.8, 4) is 5.75 Å². The summed E-state index contributed by atoms with van der Waals surface area (Å²) in [6, 6.07) is 7.30. The number of hydrogen-bond donors (Lipinski definition) is 2. The first-order valence-corrected chi connectivity index (χ1v) is 9.01. The van der Waals surface area contributed by atoms with E-state index in [9.17, 15) is 14.4 Å². The van der Waals surface area contributed by atoms with Gasteiger partial charge in [0.15, 0.2) is 12.3 Å². The van der Waals surface area contributed by atoms with E-state index in [-0.39, 0.29) is 24.7 Å². The molecule has 0 bridgehead atoms. The third kappa shape index (κ3) is 4.78. The third-order valence-electron chi connectivity index (χ3n) is 4.22. The van der Waals surface area contributed by atoms with E-state index in [1.54, 1.807) is 19.1 Å². The summed E-state index contributed by atoms with van der Waals surface area (Å²) in [6.07, 6.45) is 1.59. The highest BCUT2D eigenvalue weighted by molar-refractivity contribution is 5.96. The monoisotopic (exact) mass is 374 g/mol. The van der Waals surface area contributed by atoms with Crippen molar-refractivity contribution in [1.29, 1.82) is 0 Å². The Morgan fingerprint density at radius 1 is 1.22 bits per heavy atom. The second-order valence-corrected chi connectivity index (χ2v) is 6.24. The Morgan fingerprint density at radius 2 is 1.89 bits per heavy atom. The van der Waals surface area contributed by atoms with E-state index in [2.05, 4.69) is 4.98 Å². The molecule has 8 heteroatoms. The van der Waals surface area contributed by atoms with E-state index in [4.69, 9.17) is 10.5 Å². The number of ether oxygens (including phenoxy) is 1. The van der Waals surface area contributed by atoms with Gasteiger partial charge in [0.2, 0.25) is 0 Å². The van der Waals surface area contributed by atoms with Gasteiger partial charge in [-0.05, 0) is 32.4 Å². The number of nitrogen functional groups attached to an aromatic ring is 1. The lowest BCUT2D eigenvalue weighted by atomic mass is 10.2. The lowest BCUT2D eigenvalue weighted by molar-refractivity contribution is -0.120. The molecule has 27 heavy (non-hydrogen) atoms. The predicted octanol–water partition coefficient (Wildman–Crippen LogP) is 1.66. The van der Waals surface area contributed by atoms with Gasteiger partial charge in [-0.2, -0.15) is 0 Å². The molecule has 146 valence electrons. The van der Waals surface area contributed by atoms with Crippen LogP contribution in [-0.2, 0) is 11.3 Å². The first-order chi connectivity index (χ1) is 12.9. The molecule has 0 unspecified atom stereocenters. The zero-order chi connectivity index (χ0) is 20.0. The molecule has 0 atom stereocenters. The summed E-state index contributed by atoms with van der Waals surface area (Å²) in [4.78, 5) is 40.5. The maximum Gasteiger partial charge on any atom is 0.330 e. The van der Waals surface area contributed by atoms with Gasteiger partial charge < -0.3 is 15.4 Å². The van der Waals surface area contributed by atoms with E-state index in [1.165, 1.54) is 9.47 Å². The van der Waals surface area contributed by atoms with Gasteiger partial charge in [-0.3, -0.25) is 19.1 Å². The second-order valence-electron chi connectivity index (χ2n) is 6.24. The summed E-state index contributed by atoms with van der Waals surface area (Å²) in [5.41, 5.74) is 5.87. The minimum Gasteiger partial charge on any atom is -0.484 e. The highest BCUT2D eigenvalue weighted by Gasteiger charge is 2.23. The van der Waals surface area contributed by atoms with Crippen molar-refractivity contribution in [2.24, 2.45) is 0 Å². The number of H-pyrrole nitrogens is 1. The standard InChI is InChI=1S/C19H26N4O4/c1-4-6-11-23-17(20)16(18(25)21-19(23)26)22(5-2)15(24)12-27-14-9-7-13(3)8-10-14/h7-10H,4-6,11-12,20H2,1-3H3,(H,21,25,26). The van der Waals surface area contributed by atoms with Crippen molar-refractivity contribution in [2.75, 3.05) is 23.8 Å². The molecular weight excluding hydrogens is 348 g/mol. The smallest absolute Gasteiger partial charge is 0.330 e. The van der Waals surface area contributed by atoms with Crippen LogP contribution in [0.3, 0.4) is 0 Å². The Morgan fingerprint density at radius 3 is 2.48 bits per heavy atom. The van der Waals surface area contributed by atoms with Crippen LogP contribution >= 0.6 is 0 Å². The van der Waals surface area contributed by atoms with E-state index in [0.29, 0.717) is 12.3 Å². The Hall–Kier alpha value is -3.03. The van der Waals surface area contributed by atoms with Gasteiger partial charge in [-0.15, -0.1) is 0 Å². The molecule has 0 spiro atoms. The number of amides is 1. The van der Waals surface area contributed by atoms with E-state index in [1.807, 2.05) is 26.0 Å². The molecule has 0 fully saturated rings. The summed E-state index contributed by atoms with van der Waals surface area (Å²) in [5.74, 6) is 0.124. The van der Waals surface area contributed by atoms with Crippen LogP contribution in [0.2, 0.25) is 0 Å². The van der Waals surface area contributed by atoms with Crippen LogP contribution in [0.1, 0.15) is 32.3 Å². The van der Waals surface area contributed by atoms with Gasteiger partial charge in [-0.1, -0.05) is 31.0 Å². The Kier molecular flexibility index (Phi) is 6.81. The summed E-state index contributed by atoms with van der Waals surface area (Å²) in [5, 5.41) is 0. The maximum absolute atomic E-state index is 12.6. The van der Waals surface area contributed by atoms with Crippen molar-refractivity contribution in [3.63, 3.8) is 0 Å². The fourth-order valence-electron chi connectivity index (χ4n) is 2.69. The van der Waals surface area contributed by atoms with Crippen molar-refractivity contribution in [3.05, 3.63) is 50.7 Å². The molecule has 0 saturated carbocycles. The van der Waals surface area contributed by atoms with Crippen molar-refractivity contribution < 1.29 is 9.53 Å². The highest BCUT2D eigenvalue weighted by Crippen LogP contribution is 2.18. The molecule has 0 aliphatic heterocycles. The van der Waals surface area contributed by atoms with Crippen LogP contribution in [0.4, 0.5) is 11.5 Å². The molecule has 0 aliphatic carbocycles. The van der Waals surface area contributed by atoms with Gasteiger partial charge in [0, 0.05) is 13.1 Å². The Labute approximate surface area is 157 Å². The van der Waals surface area contributed by atoms with Crippen LogP contribution < -0.4 is 26.6 Å². The number of aromatic nitrogens is 2. The lowest BCUT2D eigenvalue weighted by Gasteiger charge is -2.23. The molecule has 1 aromatic heterocycles. The number of anilines is 2. The van der Waals surface area contributed by atoms with E-state index >= 15 is 0 Å². The quantitative estimate of drug-likeness (QED) is 0.730. The van der Waals surface area contributed by atoms with Gasteiger partial charge in [-0.25, -0.2) is 4.79 Å². The SMILES string of the molecule is CCCCn1c(N)c(N(CC)C(=O)COc2ccc(C)cc2)c(=O)[nH]c1=O. The van der Waals surface area contributed by atoms with Gasteiger partial charge in [0.05, 0.1) is 0 Å². The number of hydrogen-bond acceptors (Lipinski definition) is 5. The lowest BCUT2D eigenvalue weighted by Crippen LogP contribution is -2.42. The molecule has 0 radical (unpaired) electrons. The Bertz CT molecular complexity index is 899. The number of likely N-dealkylation sites (N-methyl/N-ethyl adjacent to an activating group) is 1. The molecule has 0 saturated heterocycles. The van der Waals surface area contributed by atoms with Crippen LogP contribution in [0.25, 0.3) is 0 Å². The van der Waals surface area contributed by atoms with Gasteiger partial charge in [0.25, 0.3) is 11.5 Å². The minimum atomic E-state index is -0.684. The fourth-order valence-corrected chi connectivity index (χ4v) is 2.69. The number of carbonyl (C=O) groups excluding carboxylic acids is 1. The number of rotatable bonds is 8. The molecule has 2 aromatic rings. The third-order valence-corrected chi connectivity index (χ3v) is 4.22. The molecule has 1 amide bonds. The van der Waals surface area contributed by atoms with Crippen LogP contribution in [0.5, 0.6) is 5.75 Å². The number of nitrogens with zero attached hydrogens (tertiary/aromatic N) is 2. The zero-order valence-corrected chi connectivity index (χ0v) is 15.9. The van der Waals surface area contributed by atoms with Crippen LogP contribution in [-0.4, -0.2) is 28.6 Å². The average molecular weight is 374 g/mol. The summed E-state index contributed by atoms with van der Waals surface area (Å²) in [6.45, 7) is 6.01. The summed E-state index contributed by atoms with van der Waals surface area (Å²) in [7, 11) is 0. The van der Waals surface area contributed by atoms with Gasteiger partial charge in [0.1, 0.15) is 11.6 Å². The first-order valence-electron chi connectivity index (χ1n) is 9.01. The summed E-state index contributed by atoms with van der Waals surface area (Å²) >= 11 is 0. The normalized spacial score (nSPS) is 10.6. The topological polar surface area (TPSA) is 110 Å². The van der Waals surface area contributed by atoms with Crippen molar-refractivity contribution >= 4 is 17.4 Å². The van der Waals surface area contributed by atoms with E-state index in [0.717, 1.165) is 18.4 Å². The zero-order valence-electron chi connectivity index (χ0n) is 15.9. The molecule has 0 aliphatic rings. The molecule has 1 heterocycles. The minimum absolute atomic E-state index is 0.0114. The molecule has 1 aromatic carbocycles. The van der Waals surface area contributed by atoms with Crippen molar-refractivity contribution in [2.45, 2.75) is 40.2 Å². The van der Waals surface area contributed by atoms with E-state index < -0.39 is 17.2 Å². The van der Waals surface area contributed by atoms with Crippen LogP contribution in [0.15, 0.2) is 33.9 Å². The largest absolute Gasteiger partial charge is 0.484 e. The maximum atomic E-state index is 12.6. The number of unbranched alkanes of at least 4 members (excludes halogenated alkanes) is 1. The fraction of sp³-hybridized carbons (Fsp3) is 0.421. The Balaban J connectivity index is 2.27. The van der Waals surface area contributed by atoms with Gasteiger partial charge >= 0.3 is 5.69 Å². The molecule has 8 nitrogen and oxygen atoms in total. The first kappa shape index (κ1) is 20.3. The number of nitrogens with one attached hydrogen (secondary N) is 1. The number of benzene rings is 1.